The Balaban J connectivity index is 2.01. The summed E-state index contributed by atoms with van der Waals surface area (Å²) in [5.74, 6) is 0.124. The van der Waals surface area contributed by atoms with Crippen LogP contribution in [0, 0.1) is 12.1 Å². The van der Waals surface area contributed by atoms with Crippen LogP contribution in [-0.2, 0) is 0 Å². The van der Waals surface area contributed by atoms with E-state index in [2.05, 4.69) is 16.4 Å². The average Bonchev–Trinajstić information content (AvgIpc) is 2.99. The normalized spacial score (nSPS) is 15.5. The Kier molecular flexibility index (Phi) is 1.80. The van der Waals surface area contributed by atoms with Gasteiger partial charge in [0, 0.05) is 0 Å². The molecule has 1 fully saturated rings. The fourth-order valence-electron chi connectivity index (χ4n) is 1.48. The molecule has 0 unspecified atom stereocenters. The molecule has 1 aromatic heterocycles. The van der Waals surface area contributed by atoms with E-state index in [4.69, 9.17) is 0 Å². The highest BCUT2D eigenvalue weighted by Crippen LogP contribution is 2.34. The summed E-state index contributed by atoms with van der Waals surface area (Å²) in [6.07, 6.45) is 5.03. The molecule has 1 aliphatic carbocycles. The summed E-state index contributed by atoms with van der Waals surface area (Å²) in [4.78, 5) is 4.00. The molecule has 2 aromatic rings. The lowest BCUT2D eigenvalue weighted by molar-refractivity contribution is 0.623. The van der Waals surface area contributed by atoms with Gasteiger partial charge in [-0.3, -0.25) is 0 Å². The van der Waals surface area contributed by atoms with E-state index in [0.29, 0.717) is 17.4 Å². The number of hydrogen-bond donors (Lipinski definition) is 0. The van der Waals surface area contributed by atoms with Gasteiger partial charge < -0.3 is 0 Å². The van der Waals surface area contributed by atoms with Gasteiger partial charge in [-0.25, -0.2) is 14.1 Å². The van der Waals surface area contributed by atoms with Gasteiger partial charge in [-0.05, 0) is 25.0 Å². The van der Waals surface area contributed by atoms with Crippen LogP contribution in [-0.4, -0.2) is 14.8 Å². The van der Waals surface area contributed by atoms with Crippen LogP contribution in [0.3, 0.4) is 0 Å². The first kappa shape index (κ1) is 8.59. The van der Waals surface area contributed by atoms with Gasteiger partial charge in [0.05, 0.1) is 11.6 Å². The molecule has 1 aromatic carbocycles. The van der Waals surface area contributed by atoms with Crippen molar-refractivity contribution in [1.29, 1.82) is 0 Å². The van der Waals surface area contributed by atoms with E-state index in [9.17, 15) is 4.39 Å². The van der Waals surface area contributed by atoms with Gasteiger partial charge in [-0.15, -0.1) is 5.10 Å². The second kappa shape index (κ2) is 3.15. The fraction of sp³-hybridized carbons (Fsp3) is 0.273. The molecule has 1 saturated carbocycles. The van der Waals surface area contributed by atoms with Crippen molar-refractivity contribution < 1.29 is 4.39 Å². The largest absolute Gasteiger partial charge is 0.239 e. The highest BCUT2D eigenvalue weighted by Gasteiger charge is 2.25. The summed E-state index contributed by atoms with van der Waals surface area (Å²) in [5.41, 5.74) is 0.438. The van der Waals surface area contributed by atoms with Crippen molar-refractivity contribution in [1.82, 2.24) is 14.8 Å². The molecule has 0 saturated heterocycles. The van der Waals surface area contributed by atoms with Crippen molar-refractivity contribution in [3.05, 3.63) is 36.4 Å². The summed E-state index contributed by atoms with van der Waals surface area (Å²) < 4.78 is 15.1. The Hall–Kier alpha value is -1.71. The molecule has 0 atom stereocenters. The first-order valence-corrected chi connectivity index (χ1v) is 4.94. The standard InChI is InChI=1S/C11H9FN3/c12-10-4-2-1-3-9(10)11-13-7-15(14-11)8-5-6-8/h1-4,8H,5-6H2. The molecule has 3 nitrogen and oxygen atoms in total. The van der Waals surface area contributed by atoms with Gasteiger partial charge in [-0.1, -0.05) is 12.1 Å². The Morgan fingerprint density at radius 1 is 1.33 bits per heavy atom. The maximum absolute atomic E-state index is 13.4. The number of rotatable bonds is 2. The zero-order valence-electron chi connectivity index (χ0n) is 8.02. The molecule has 4 heteroatoms. The Labute approximate surface area is 86.6 Å². The van der Waals surface area contributed by atoms with Crippen molar-refractivity contribution in [2.75, 3.05) is 0 Å². The number of aromatic nitrogens is 3. The molecule has 0 bridgehead atoms. The molecule has 1 radical (unpaired) electrons. The van der Waals surface area contributed by atoms with Crippen LogP contribution in [0.4, 0.5) is 4.39 Å². The molecule has 75 valence electrons. The lowest BCUT2D eigenvalue weighted by atomic mass is 10.2. The third-order valence-corrected chi connectivity index (χ3v) is 2.47. The molecule has 0 amide bonds. The van der Waals surface area contributed by atoms with Crippen molar-refractivity contribution in [3.63, 3.8) is 0 Å². The molecule has 15 heavy (non-hydrogen) atoms. The minimum absolute atomic E-state index is 0.292. The Morgan fingerprint density at radius 2 is 2.13 bits per heavy atom. The summed E-state index contributed by atoms with van der Waals surface area (Å²) in [6.45, 7) is 0. The van der Waals surface area contributed by atoms with Crippen LogP contribution in [0.25, 0.3) is 11.4 Å². The zero-order chi connectivity index (χ0) is 10.3. The van der Waals surface area contributed by atoms with Crippen LogP contribution in [0.1, 0.15) is 18.9 Å². The monoisotopic (exact) mass is 202 g/mol. The van der Waals surface area contributed by atoms with E-state index in [1.807, 2.05) is 0 Å². The highest BCUT2D eigenvalue weighted by molar-refractivity contribution is 5.54. The minimum Gasteiger partial charge on any atom is -0.239 e. The maximum atomic E-state index is 13.4. The molecule has 0 aliphatic heterocycles. The SMILES string of the molecule is Fc1ccccc1-c1n[c]n(C2CC2)n1. The van der Waals surface area contributed by atoms with E-state index >= 15 is 0 Å². The molecule has 0 N–H and O–H groups in total. The summed E-state index contributed by atoms with van der Waals surface area (Å²) >= 11 is 0. The smallest absolute Gasteiger partial charge is 0.196 e. The number of halogens is 1. The third-order valence-electron chi connectivity index (χ3n) is 2.47. The molecule has 3 rings (SSSR count). The topological polar surface area (TPSA) is 30.7 Å². The second-order valence-electron chi connectivity index (χ2n) is 3.69. The fourth-order valence-corrected chi connectivity index (χ4v) is 1.48. The number of nitrogens with zero attached hydrogens (tertiary/aromatic N) is 3. The first-order valence-electron chi connectivity index (χ1n) is 4.94. The third kappa shape index (κ3) is 1.52. The van der Waals surface area contributed by atoms with E-state index in [1.54, 1.807) is 22.9 Å². The Morgan fingerprint density at radius 3 is 2.87 bits per heavy atom. The van der Waals surface area contributed by atoms with Crippen molar-refractivity contribution in [2.45, 2.75) is 18.9 Å². The van der Waals surface area contributed by atoms with Crippen LogP contribution in [0.15, 0.2) is 24.3 Å². The van der Waals surface area contributed by atoms with E-state index in [1.165, 1.54) is 6.07 Å². The summed E-state index contributed by atoms with van der Waals surface area (Å²) in [5, 5.41) is 4.21. The van der Waals surface area contributed by atoms with Crippen LogP contribution >= 0.6 is 0 Å². The molecule has 1 heterocycles. The van der Waals surface area contributed by atoms with Crippen LogP contribution in [0.5, 0.6) is 0 Å². The molecular weight excluding hydrogens is 193 g/mol. The summed E-state index contributed by atoms with van der Waals surface area (Å²) in [6, 6.07) is 6.94. The van der Waals surface area contributed by atoms with E-state index < -0.39 is 0 Å². The quantitative estimate of drug-likeness (QED) is 0.747. The average molecular weight is 202 g/mol. The predicted molar refractivity (Wildman–Crippen MR) is 52.5 cm³/mol. The van der Waals surface area contributed by atoms with Gasteiger partial charge >= 0.3 is 0 Å². The van der Waals surface area contributed by atoms with Crippen LogP contribution in [0.2, 0.25) is 0 Å². The Bertz CT molecular complexity index is 488. The van der Waals surface area contributed by atoms with Gasteiger partial charge in [0.2, 0.25) is 0 Å². The van der Waals surface area contributed by atoms with Gasteiger partial charge in [0.25, 0.3) is 0 Å². The van der Waals surface area contributed by atoms with Gasteiger partial charge in [-0.2, -0.15) is 0 Å². The minimum atomic E-state index is -0.292. The van der Waals surface area contributed by atoms with Crippen molar-refractivity contribution in [2.24, 2.45) is 0 Å². The lowest BCUT2D eigenvalue weighted by Crippen LogP contribution is -1.94. The lowest BCUT2D eigenvalue weighted by Gasteiger charge is -1.96. The van der Waals surface area contributed by atoms with E-state index in [0.717, 1.165) is 12.8 Å². The van der Waals surface area contributed by atoms with Crippen molar-refractivity contribution >= 4 is 0 Å². The highest BCUT2D eigenvalue weighted by atomic mass is 19.1. The predicted octanol–water partition coefficient (Wildman–Crippen LogP) is 2.22. The maximum Gasteiger partial charge on any atom is 0.196 e. The number of benzene rings is 1. The first-order chi connectivity index (χ1) is 7.34. The molecule has 0 spiro atoms. The van der Waals surface area contributed by atoms with Gasteiger partial charge in [0.1, 0.15) is 5.82 Å². The second-order valence-corrected chi connectivity index (χ2v) is 3.69. The molecular formula is C11H9FN3. The zero-order valence-corrected chi connectivity index (χ0v) is 8.02. The van der Waals surface area contributed by atoms with Crippen LogP contribution < -0.4 is 0 Å². The number of hydrogen-bond acceptors (Lipinski definition) is 2. The summed E-state index contributed by atoms with van der Waals surface area (Å²) in [7, 11) is 0. The molecule has 1 aliphatic rings. The van der Waals surface area contributed by atoms with E-state index in [-0.39, 0.29) is 5.82 Å². The van der Waals surface area contributed by atoms with Crippen molar-refractivity contribution in [3.8, 4) is 11.4 Å². The van der Waals surface area contributed by atoms with Gasteiger partial charge in [0.15, 0.2) is 12.2 Å².